The van der Waals surface area contributed by atoms with Gasteiger partial charge in [0.1, 0.15) is 5.82 Å². The van der Waals surface area contributed by atoms with Crippen LogP contribution < -0.4 is 0 Å². The zero-order valence-electron chi connectivity index (χ0n) is 11.9. The van der Waals surface area contributed by atoms with E-state index in [0.717, 1.165) is 5.56 Å². The number of amides is 1. The third-order valence-electron chi connectivity index (χ3n) is 3.72. The topological polar surface area (TPSA) is 57.6 Å². The summed E-state index contributed by atoms with van der Waals surface area (Å²) in [6.45, 7) is 2.64. The van der Waals surface area contributed by atoms with Crippen molar-refractivity contribution in [1.29, 1.82) is 0 Å². The lowest BCUT2D eigenvalue weighted by Crippen LogP contribution is -2.40. The third-order valence-corrected chi connectivity index (χ3v) is 3.72. The molecule has 1 aliphatic rings. The molecule has 1 heterocycles. The van der Waals surface area contributed by atoms with E-state index in [1.54, 1.807) is 30.0 Å². The highest BCUT2D eigenvalue weighted by atomic mass is 19.1. The fourth-order valence-electron chi connectivity index (χ4n) is 2.45. The fourth-order valence-corrected chi connectivity index (χ4v) is 2.45. The second-order valence-electron chi connectivity index (χ2n) is 5.28. The highest BCUT2D eigenvalue weighted by Gasteiger charge is 2.27. The average molecular weight is 291 g/mol. The summed E-state index contributed by atoms with van der Waals surface area (Å²) < 4.78 is 12.8. The van der Waals surface area contributed by atoms with Crippen molar-refractivity contribution in [2.45, 2.75) is 19.8 Å². The van der Waals surface area contributed by atoms with Crippen molar-refractivity contribution in [3.63, 3.8) is 0 Å². The first-order valence-electron chi connectivity index (χ1n) is 6.93. The third kappa shape index (κ3) is 3.90. The molecule has 0 unspecified atom stereocenters. The van der Waals surface area contributed by atoms with Gasteiger partial charge in [0.05, 0.1) is 5.92 Å². The maximum absolute atomic E-state index is 12.8. The van der Waals surface area contributed by atoms with Gasteiger partial charge < -0.3 is 10.0 Å². The number of rotatable bonds is 3. The van der Waals surface area contributed by atoms with Crippen LogP contribution in [0.1, 0.15) is 25.3 Å². The summed E-state index contributed by atoms with van der Waals surface area (Å²) in [6, 6.07) is 5.93. The molecule has 5 heteroatoms. The van der Waals surface area contributed by atoms with Crippen LogP contribution >= 0.6 is 0 Å². The van der Waals surface area contributed by atoms with Gasteiger partial charge in [-0.05, 0) is 43.5 Å². The molecule has 1 amide bonds. The van der Waals surface area contributed by atoms with E-state index >= 15 is 0 Å². The first-order chi connectivity index (χ1) is 9.97. The van der Waals surface area contributed by atoms with Crippen molar-refractivity contribution in [2.75, 3.05) is 13.1 Å². The van der Waals surface area contributed by atoms with Crippen LogP contribution in [0.3, 0.4) is 0 Å². The van der Waals surface area contributed by atoms with Gasteiger partial charge in [0, 0.05) is 18.7 Å². The molecule has 0 atom stereocenters. The molecule has 0 saturated carbocycles. The summed E-state index contributed by atoms with van der Waals surface area (Å²) in [6.07, 6.45) is 2.70. The first kappa shape index (κ1) is 15.2. The maximum Gasteiger partial charge on any atom is 0.306 e. The van der Waals surface area contributed by atoms with Crippen LogP contribution in [0.2, 0.25) is 0 Å². The molecule has 1 aliphatic heterocycles. The van der Waals surface area contributed by atoms with Gasteiger partial charge in [-0.25, -0.2) is 4.39 Å². The number of hydrogen-bond donors (Lipinski definition) is 1. The summed E-state index contributed by atoms with van der Waals surface area (Å²) in [5.41, 5.74) is 1.33. The minimum absolute atomic E-state index is 0.0943. The molecule has 1 aromatic rings. The summed E-state index contributed by atoms with van der Waals surface area (Å²) in [5, 5.41) is 8.94. The lowest BCUT2D eigenvalue weighted by Gasteiger charge is -2.30. The van der Waals surface area contributed by atoms with E-state index < -0.39 is 5.97 Å². The Morgan fingerprint density at radius 2 is 1.81 bits per heavy atom. The average Bonchev–Trinajstić information content (AvgIpc) is 2.49. The summed E-state index contributed by atoms with van der Waals surface area (Å²) in [7, 11) is 0. The van der Waals surface area contributed by atoms with Gasteiger partial charge in [-0.1, -0.05) is 12.1 Å². The van der Waals surface area contributed by atoms with Crippen LogP contribution in [-0.2, 0) is 9.59 Å². The van der Waals surface area contributed by atoms with E-state index in [9.17, 15) is 14.0 Å². The number of carbonyl (C=O) groups excluding carboxylic acids is 1. The van der Waals surface area contributed by atoms with Crippen LogP contribution in [0.15, 0.2) is 29.8 Å². The molecule has 0 aliphatic carbocycles. The highest BCUT2D eigenvalue weighted by molar-refractivity contribution is 5.97. The zero-order chi connectivity index (χ0) is 15.4. The number of piperidine rings is 1. The SMILES string of the molecule is C/C(=C\c1ccc(F)cc1)C(=O)N1CCC(C(=O)O)CC1. The molecule has 0 aromatic heterocycles. The predicted molar refractivity (Wildman–Crippen MR) is 77.0 cm³/mol. The Balaban J connectivity index is 2.00. The van der Waals surface area contributed by atoms with Crippen molar-refractivity contribution in [1.82, 2.24) is 4.90 Å². The van der Waals surface area contributed by atoms with Crippen LogP contribution in [0.5, 0.6) is 0 Å². The van der Waals surface area contributed by atoms with E-state index in [1.807, 2.05) is 0 Å². The molecule has 21 heavy (non-hydrogen) atoms. The van der Waals surface area contributed by atoms with E-state index in [1.165, 1.54) is 12.1 Å². The molecule has 0 spiro atoms. The van der Waals surface area contributed by atoms with Gasteiger partial charge in [-0.3, -0.25) is 9.59 Å². The summed E-state index contributed by atoms with van der Waals surface area (Å²) in [5.74, 6) is -1.55. The molecule has 4 nitrogen and oxygen atoms in total. The van der Waals surface area contributed by atoms with Crippen LogP contribution in [0.4, 0.5) is 4.39 Å². The van der Waals surface area contributed by atoms with Gasteiger partial charge in [-0.2, -0.15) is 0 Å². The molecule has 1 aromatic carbocycles. The predicted octanol–water partition coefficient (Wildman–Crippen LogP) is 2.55. The van der Waals surface area contributed by atoms with Crippen molar-refractivity contribution in [3.05, 3.63) is 41.2 Å². The second kappa shape index (κ2) is 6.52. The first-order valence-corrected chi connectivity index (χ1v) is 6.93. The van der Waals surface area contributed by atoms with Crippen LogP contribution in [0.25, 0.3) is 6.08 Å². The van der Waals surface area contributed by atoms with Gasteiger partial charge in [0.25, 0.3) is 0 Å². The Labute approximate surface area is 122 Å². The molecule has 1 fully saturated rings. The van der Waals surface area contributed by atoms with Crippen molar-refractivity contribution < 1.29 is 19.1 Å². The van der Waals surface area contributed by atoms with E-state index in [4.69, 9.17) is 5.11 Å². The smallest absolute Gasteiger partial charge is 0.306 e. The number of halogens is 1. The number of aliphatic carboxylic acids is 1. The Morgan fingerprint density at radius 1 is 1.24 bits per heavy atom. The Hall–Kier alpha value is -2.17. The number of nitrogens with zero attached hydrogens (tertiary/aromatic N) is 1. The van der Waals surface area contributed by atoms with E-state index in [2.05, 4.69) is 0 Å². The van der Waals surface area contributed by atoms with Gasteiger partial charge in [0.2, 0.25) is 5.91 Å². The number of benzene rings is 1. The number of carboxylic acid groups (broad SMARTS) is 1. The quantitative estimate of drug-likeness (QED) is 0.871. The number of likely N-dealkylation sites (tertiary alicyclic amines) is 1. The second-order valence-corrected chi connectivity index (χ2v) is 5.28. The monoisotopic (exact) mass is 291 g/mol. The fraction of sp³-hybridized carbons (Fsp3) is 0.375. The normalized spacial score (nSPS) is 16.9. The molecule has 0 radical (unpaired) electrons. The Bertz CT molecular complexity index is 557. The molecule has 2 rings (SSSR count). The number of hydrogen-bond acceptors (Lipinski definition) is 2. The van der Waals surface area contributed by atoms with Crippen LogP contribution in [-0.4, -0.2) is 35.0 Å². The lowest BCUT2D eigenvalue weighted by atomic mass is 9.96. The largest absolute Gasteiger partial charge is 0.481 e. The minimum Gasteiger partial charge on any atom is -0.481 e. The molecule has 112 valence electrons. The summed E-state index contributed by atoms with van der Waals surface area (Å²) in [4.78, 5) is 24.8. The molecular weight excluding hydrogens is 273 g/mol. The molecule has 0 bridgehead atoms. The van der Waals surface area contributed by atoms with Crippen molar-refractivity contribution in [3.8, 4) is 0 Å². The maximum atomic E-state index is 12.8. The van der Waals surface area contributed by atoms with Gasteiger partial charge in [-0.15, -0.1) is 0 Å². The molecule has 1 saturated heterocycles. The molecular formula is C16H18FNO3. The van der Waals surface area contributed by atoms with Gasteiger partial charge in [0.15, 0.2) is 0 Å². The van der Waals surface area contributed by atoms with Gasteiger partial charge >= 0.3 is 5.97 Å². The summed E-state index contributed by atoms with van der Waals surface area (Å²) >= 11 is 0. The Kier molecular flexibility index (Phi) is 4.73. The van der Waals surface area contributed by atoms with Crippen molar-refractivity contribution >= 4 is 18.0 Å². The van der Waals surface area contributed by atoms with Crippen LogP contribution in [0, 0.1) is 11.7 Å². The molecule has 1 N–H and O–H groups in total. The number of carbonyl (C=O) groups is 2. The van der Waals surface area contributed by atoms with E-state index in [-0.39, 0.29) is 17.6 Å². The standard InChI is InChI=1S/C16H18FNO3/c1-11(10-12-2-4-14(17)5-3-12)15(19)18-8-6-13(7-9-18)16(20)21/h2-5,10,13H,6-9H2,1H3,(H,20,21)/b11-10+. The Morgan fingerprint density at radius 3 is 2.33 bits per heavy atom. The van der Waals surface area contributed by atoms with E-state index in [0.29, 0.717) is 31.5 Å². The number of carboxylic acids is 1. The lowest BCUT2D eigenvalue weighted by molar-refractivity contribution is -0.145. The zero-order valence-corrected chi connectivity index (χ0v) is 11.9. The van der Waals surface area contributed by atoms with Crippen molar-refractivity contribution in [2.24, 2.45) is 5.92 Å². The minimum atomic E-state index is -0.791. The highest BCUT2D eigenvalue weighted by Crippen LogP contribution is 2.19.